The monoisotopic (exact) mass is 266 g/mol. The number of nitrogen functional groups attached to an aromatic ring is 2. The summed E-state index contributed by atoms with van der Waals surface area (Å²) in [5.74, 6) is 0.470. The number of nitrogens with one attached hydrogen (secondary N) is 1. The Morgan fingerprint density at radius 3 is 2.50 bits per heavy atom. The number of aryl methyl sites for hydroxylation is 1. The Bertz CT molecular complexity index is 784. The van der Waals surface area contributed by atoms with E-state index in [9.17, 15) is 0 Å². The van der Waals surface area contributed by atoms with E-state index in [1.54, 1.807) is 18.5 Å². The standard InChI is InChI=1S/C14H14N6/c1-8-11(15)4-9(6-17-8)19-10-5-13-12(18-7-10)2-3-14(16)20-13/h2-7,19H,15H2,1H3,(H2,16,20). The van der Waals surface area contributed by atoms with Crippen molar-refractivity contribution in [2.24, 2.45) is 0 Å². The fourth-order valence-corrected chi connectivity index (χ4v) is 1.88. The van der Waals surface area contributed by atoms with Gasteiger partial charge in [-0.05, 0) is 31.2 Å². The third-order valence-electron chi connectivity index (χ3n) is 2.97. The van der Waals surface area contributed by atoms with Crippen molar-refractivity contribution < 1.29 is 0 Å². The van der Waals surface area contributed by atoms with E-state index in [0.717, 1.165) is 28.1 Å². The van der Waals surface area contributed by atoms with Gasteiger partial charge in [0.2, 0.25) is 0 Å². The van der Waals surface area contributed by atoms with E-state index in [-0.39, 0.29) is 0 Å². The van der Waals surface area contributed by atoms with Gasteiger partial charge in [0.25, 0.3) is 0 Å². The smallest absolute Gasteiger partial charge is 0.124 e. The first kappa shape index (κ1) is 12.2. The van der Waals surface area contributed by atoms with Crippen LogP contribution >= 0.6 is 0 Å². The average Bonchev–Trinajstić information content (AvgIpc) is 2.42. The second-order valence-electron chi connectivity index (χ2n) is 4.52. The van der Waals surface area contributed by atoms with Gasteiger partial charge in [-0.2, -0.15) is 0 Å². The van der Waals surface area contributed by atoms with Crippen LogP contribution < -0.4 is 16.8 Å². The third-order valence-corrected chi connectivity index (χ3v) is 2.97. The molecule has 0 spiro atoms. The van der Waals surface area contributed by atoms with Crippen LogP contribution in [0.15, 0.2) is 36.7 Å². The number of nitrogens with zero attached hydrogens (tertiary/aromatic N) is 3. The van der Waals surface area contributed by atoms with Crippen molar-refractivity contribution in [1.29, 1.82) is 0 Å². The summed E-state index contributed by atoms with van der Waals surface area (Å²) in [4.78, 5) is 12.8. The third kappa shape index (κ3) is 2.31. The number of pyridine rings is 3. The van der Waals surface area contributed by atoms with Crippen LogP contribution in [-0.4, -0.2) is 15.0 Å². The van der Waals surface area contributed by atoms with Crippen molar-refractivity contribution in [3.63, 3.8) is 0 Å². The van der Waals surface area contributed by atoms with E-state index in [1.165, 1.54) is 0 Å². The number of nitrogens with two attached hydrogens (primary N) is 2. The van der Waals surface area contributed by atoms with Gasteiger partial charge in [-0.1, -0.05) is 0 Å². The molecule has 3 rings (SSSR count). The highest BCUT2D eigenvalue weighted by atomic mass is 14.9. The summed E-state index contributed by atoms with van der Waals surface area (Å²) in [6.45, 7) is 1.86. The summed E-state index contributed by atoms with van der Waals surface area (Å²) in [6.07, 6.45) is 3.46. The Morgan fingerprint density at radius 1 is 0.950 bits per heavy atom. The van der Waals surface area contributed by atoms with E-state index in [4.69, 9.17) is 11.5 Å². The van der Waals surface area contributed by atoms with Crippen molar-refractivity contribution in [2.45, 2.75) is 6.92 Å². The lowest BCUT2D eigenvalue weighted by Gasteiger charge is -2.08. The molecule has 0 bridgehead atoms. The van der Waals surface area contributed by atoms with Crippen LogP contribution in [0.3, 0.4) is 0 Å². The van der Waals surface area contributed by atoms with Crippen molar-refractivity contribution in [3.8, 4) is 0 Å². The maximum absolute atomic E-state index is 5.84. The minimum Gasteiger partial charge on any atom is -0.397 e. The SMILES string of the molecule is Cc1ncc(Nc2cnc3ccc(N)nc3c2)cc1N. The van der Waals surface area contributed by atoms with Crippen LogP contribution in [-0.2, 0) is 0 Å². The van der Waals surface area contributed by atoms with Crippen molar-refractivity contribution >= 4 is 33.9 Å². The van der Waals surface area contributed by atoms with Crippen molar-refractivity contribution in [3.05, 3.63) is 42.4 Å². The van der Waals surface area contributed by atoms with E-state index >= 15 is 0 Å². The Labute approximate surface area is 115 Å². The van der Waals surface area contributed by atoms with Gasteiger partial charge in [0.15, 0.2) is 0 Å². The summed E-state index contributed by atoms with van der Waals surface area (Å²) in [6, 6.07) is 7.29. The van der Waals surface area contributed by atoms with Crippen LogP contribution in [0.1, 0.15) is 5.69 Å². The maximum atomic E-state index is 5.84. The first-order valence-corrected chi connectivity index (χ1v) is 6.13. The van der Waals surface area contributed by atoms with Gasteiger partial charge in [-0.15, -0.1) is 0 Å². The quantitative estimate of drug-likeness (QED) is 0.657. The number of rotatable bonds is 2. The van der Waals surface area contributed by atoms with Gasteiger partial charge >= 0.3 is 0 Å². The molecule has 0 saturated heterocycles. The normalized spacial score (nSPS) is 10.7. The summed E-state index contributed by atoms with van der Waals surface area (Å²) >= 11 is 0. The second-order valence-corrected chi connectivity index (χ2v) is 4.52. The molecule has 0 saturated carbocycles. The molecule has 0 unspecified atom stereocenters. The van der Waals surface area contributed by atoms with Gasteiger partial charge < -0.3 is 16.8 Å². The highest BCUT2D eigenvalue weighted by Gasteiger charge is 2.02. The van der Waals surface area contributed by atoms with E-state index in [2.05, 4.69) is 20.3 Å². The molecule has 6 heteroatoms. The van der Waals surface area contributed by atoms with Gasteiger partial charge in [-0.3, -0.25) is 9.97 Å². The number of hydrogen-bond acceptors (Lipinski definition) is 6. The Balaban J connectivity index is 1.95. The highest BCUT2D eigenvalue weighted by Crippen LogP contribution is 2.21. The van der Waals surface area contributed by atoms with Crippen LogP contribution in [0.5, 0.6) is 0 Å². The van der Waals surface area contributed by atoms with Crippen LogP contribution in [0.25, 0.3) is 11.0 Å². The molecule has 3 aromatic heterocycles. The lowest BCUT2D eigenvalue weighted by molar-refractivity contribution is 1.20. The maximum Gasteiger partial charge on any atom is 0.124 e. The number of anilines is 4. The molecule has 0 fully saturated rings. The van der Waals surface area contributed by atoms with Crippen LogP contribution in [0.4, 0.5) is 22.9 Å². The van der Waals surface area contributed by atoms with E-state index in [1.807, 2.05) is 25.1 Å². The molecule has 3 heterocycles. The Kier molecular flexibility index (Phi) is 2.83. The van der Waals surface area contributed by atoms with Crippen LogP contribution in [0.2, 0.25) is 0 Å². The average molecular weight is 266 g/mol. The molecule has 0 aromatic carbocycles. The second kappa shape index (κ2) is 4.65. The molecule has 3 aromatic rings. The van der Waals surface area contributed by atoms with Crippen molar-refractivity contribution in [2.75, 3.05) is 16.8 Å². The number of hydrogen-bond donors (Lipinski definition) is 3. The zero-order valence-electron chi connectivity index (χ0n) is 11.0. The van der Waals surface area contributed by atoms with Crippen molar-refractivity contribution in [1.82, 2.24) is 15.0 Å². The predicted molar refractivity (Wildman–Crippen MR) is 80.6 cm³/mol. The van der Waals surface area contributed by atoms with Crippen LogP contribution in [0, 0.1) is 6.92 Å². The zero-order valence-corrected chi connectivity index (χ0v) is 11.0. The lowest BCUT2D eigenvalue weighted by atomic mass is 10.2. The summed E-state index contributed by atoms with van der Waals surface area (Å²) in [7, 11) is 0. The van der Waals surface area contributed by atoms with Gasteiger partial charge in [-0.25, -0.2) is 4.98 Å². The summed E-state index contributed by atoms with van der Waals surface area (Å²) in [5, 5.41) is 3.20. The minimum absolute atomic E-state index is 0.470. The predicted octanol–water partition coefficient (Wildman–Crippen LogP) is 2.24. The molecule has 100 valence electrons. The molecule has 0 aliphatic carbocycles. The first-order valence-electron chi connectivity index (χ1n) is 6.13. The minimum atomic E-state index is 0.470. The largest absolute Gasteiger partial charge is 0.397 e. The molecular weight excluding hydrogens is 252 g/mol. The fraction of sp³-hybridized carbons (Fsp3) is 0.0714. The molecule has 0 aliphatic heterocycles. The molecule has 0 atom stereocenters. The van der Waals surface area contributed by atoms with Gasteiger partial charge in [0.05, 0.1) is 46.2 Å². The fourth-order valence-electron chi connectivity index (χ4n) is 1.88. The molecule has 0 radical (unpaired) electrons. The van der Waals surface area contributed by atoms with Gasteiger partial charge in [0.1, 0.15) is 5.82 Å². The first-order chi connectivity index (χ1) is 9.61. The summed E-state index contributed by atoms with van der Waals surface area (Å²) < 4.78 is 0. The molecule has 5 N–H and O–H groups in total. The number of fused-ring (bicyclic) bond motifs is 1. The Morgan fingerprint density at radius 2 is 1.70 bits per heavy atom. The topological polar surface area (TPSA) is 103 Å². The van der Waals surface area contributed by atoms with Gasteiger partial charge in [0, 0.05) is 0 Å². The molecule has 20 heavy (non-hydrogen) atoms. The molecular formula is C14H14N6. The van der Waals surface area contributed by atoms with E-state index < -0.39 is 0 Å². The molecule has 0 aliphatic rings. The zero-order chi connectivity index (χ0) is 14.1. The summed E-state index contributed by atoms with van der Waals surface area (Å²) in [5.41, 5.74) is 16.1. The Hall–Kier alpha value is -2.89. The number of aromatic nitrogens is 3. The highest BCUT2D eigenvalue weighted by molar-refractivity contribution is 5.80. The molecule has 6 nitrogen and oxygen atoms in total. The molecule has 0 amide bonds. The lowest BCUT2D eigenvalue weighted by Crippen LogP contribution is -1.98. The van der Waals surface area contributed by atoms with E-state index in [0.29, 0.717) is 11.5 Å².